The summed E-state index contributed by atoms with van der Waals surface area (Å²) in [6.07, 6.45) is -1.93. The first kappa shape index (κ1) is 24.8. The Morgan fingerprint density at radius 3 is 2.49 bits per heavy atom. The average Bonchev–Trinajstić information content (AvgIpc) is 3.31. The standard InChI is InChI=1S/C22H20Cl2N4O7/c1-11(29)33-16-19(28-10-25-15-17(23)26-21(24)27-18(15)28)34-14(22(16,3)35-12(2)30)9-32-20(31)13-7-5-4-6-8-13/h4-8,10,14,16,19H,9H2,1-3H3/t14-,16+,19-,22-/m1/s1. The zero-order valence-electron chi connectivity index (χ0n) is 18.8. The molecule has 184 valence electrons. The second-order valence-electron chi connectivity index (χ2n) is 7.89. The highest BCUT2D eigenvalue weighted by Crippen LogP contribution is 2.43. The van der Waals surface area contributed by atoms with Crippen molar-refractivity contribution < 1.29 is 33.3 Å². The number of nitrogens with zero attached hydrogens (tertiary/aromatic N) is 4. The van der Waals surface area contributed by atoms with Gasteiger partial charge in [0.2, 0.25) is 5.28 Å². The van der Waals surface area contributed by atoms with Gasteiger partial charge in [-0.2, -0.15) is 4.98 Å². The molecule has 2 aromatic heterocycles. The van der Waals surface area contributed by atoms with Crippen LogP contribution < -0.4 is 0 Å². The van der Waals surface area contributed by atoms with Crippen LogP contribution in [0.1, 0.15) is 37.4 Å². The van der Waals surface area contributed by atoms with Crippen LogP contribution in [0.15, 0.2) is 36.7 Å². The lowest BCUT2D eigenvalue weighted by Crippen LogP contribution is -2.51. The first-order valence-electron chi connectivity index (χ1n) is 10.4. The number of esters is 3. The van der Waals surface area contributed by atoms with Crippen LogP contribution >= 0.6 is 23.2 Å². The Labute approximate surface area is 209 Å². The fraction of sp³-hybridized carbons (Fsp3) is 0.364. The van der Waals surface area contributed by atoms with E-state index in [9.17, 15) is 14.4 Å². The minimum Gasteiger partial charge on any atom is -0.459 e. The van der Waals surface area contributed by atoms with Gasteiger partial charge in [0.1, 0.15) is 18.2 Å². The van der Waals surface area contributed by atoms with Crippen LogP contribution in [0.5, 0.6) is 0 Å². The van der Waals surface area contributed by atoms with Crippen LogP contribution in [-0.2, 0) is 28.5 Å². The summed E-state index contributed by atoms with van der Waals surface area (Å²) in [5.41, 5.74) is -0.788. The summed E-state index contributed by atoms with van der Waals surface area (Å²) < 4.78 is 24.2. The summed E-state index contributed by atoms with van der Waals surface area (Å²) in [7, 11) is 0. The van der Waals surface area contributed by atoms with E-state index < -0.39 is 41.9 Å². The molecular weight excluding hydrogens is 503 g/mol. The van der Waals surface area contributed by atoms with E-state index >= 15 is 0 Å². The monoisotopic (exact) mass is 522 g/mol. The van der Waals surface area contributed by atoms with E-state index in [0.29, 0.717) is 5.56 Å². The first-order valence-corrected chi connectivity index (χ1v) is 11.2. The molecular formula is C22H20Cl2N4O7. The normalized spacial score (nSPS) is 23.7. The molecule has 11 nitrogen and oxygen atoms in total. The molecule has 3 heterocycles. The molecule has 0 amide bonds. The fourth-order valence-corrected chi connectivity index (χ4v) is 4.32. The molecule has 4 rings (SSSR count). The number of carbonyl (C=O) groups is 3. The van der Waals surface area contributed by atoms with Crippen molar-refractivity contribution in [3.8, 4) is 0 Å². The Morgan fingerprint density at radius 1 is 1.11 bits per heavy atom. The average molecular weight is 523 g/mol. The number of benzene rings is 1. The molecule has 0 bridgehead atoms. The third kappa shape index (κ3) is 4.93. The first-order chi connectivity index (χ1) is 16.6. The molecule has 0 radical (unpaired) electrons. The van der Waals surface area contributed by atoms with E-state index in [1.807, 2.05) is 0 Å². The predicted molar refractivity (Wildman–Crippen MR) is 122 cm³/mol. The van der Waals surface area contributed by atoms with E-state index in [2.05, 4.69) is 15.0 Å². The van der Waals surface area contributed by atoms with Crippen LogP contribution in [0.2, 0.25) is 10.4 Å². The Bertz CT molecular complexity index is 1290. The van der Waals surface area contributed by atoms with Gasteiger partial charge in [-0.15, -0.1) is 0 Å². The van der Waals surface area contributed by atoms with Gasteiger partial charge in [-0.1, -0.05) is 29.8 Å². The van der Waals surface area contributed by atoms with Gasteiger partial charge in [-0.3, -0.25) is 14.2 Å². The van der Waals surface area contributed by atoms with E-state index in [0.717, 1.165) is 0 Å². The number of carbonyl (C=O) groups excluding carboxylic acids is 3. The lowest BCUT2D eigenvalue weighted by atomic mass is 9.94. The minimum absolute atomic E-state index is 0.0110. The SMILES string of the molecule is CC(=O)O[C@H]1[C@H](n2cnc3c(Cl)nc(Cl)nc32)O[C@H](COC(=O)c2ccccc2)[C@@]1(C)OC(C)=O. The van der Waals surface area contributed by atoms with Gasteiger partial charge in [0, 0.05) is 13.8 Å². The molecule has 0 unspecified atom stereocenters. The van der Waals surface area contributed by atoms with Crippen molar-refractivity contribution in [2.24, 2.45) is 0 Å². The highest BCUT2D eigenvalue weighted by atomic mass is 35.5. The highest BCUT2D eigenvalue weighted by Gasteiger charge is 2.60. The number of aromatic nitrogens is 4. The zero-order valence-corrected chi connectivity index (χ0v) is 20.3. The largest absolute Gasteiger partial charge is 0.459 e. The lowest BCUT2D eigenvalue weighted by Gasteiger charge is -2.33. The molecule has 0 aliphatic carbocycles. The second-order valence-corrected chi connectivity index (χ2v) is 8.59. The van der Waals surface area contributed by atoms with E-state index in [4.69, 9.17) is 42.1 Å². The lowest BCUT2D eigenvalue weighted by molar-refractivity contribution is -0.182. The van der Waals surface area contributed by atoms with Gasteiger partial charge < -0.3 is 18.9 Å². The Balaban J connectivity index is 1.72. The van der Waals surface area contributed by atoms with Crippen LogP contribution in [0.25, 0.3) is 11.2 Å². The number of fused-ring (bicyclic) bond motifs is 1. The highest BCUT2D eigenvalue weighted by molar-refractivity contribution is 6.35. The second kappa shape index (κ2) is 9.76. The molecule has 35 heavy (non-hydrogen) atoms. The number of imidazole rings is 1. The molecule has 0 saturated carbocycles. The van der Waals surface area contributed by atoms with Crippen molar-refractivity contribution in [2.45, 2.75) is 44.8 Å². The molecule has 3 aromatic rings. The number of hydrogen-bond donors (Lipinski definition) is 0. The molecule has 0 spiro atoms. The fourth-order valence-electron chi connectivity index (χ4n) is 3.90. The smallest absolute Gasteiger partial charge is 0.338 e. The zero-order chi connectivity index (χ0) is 25.3. The van der Waals surface area contributed by atoms with Gasteiger partial charge in [-0.05, 0) is 30.7 Å². The van der Waals surface area contributed by atoms with Gasteiger partial charge in [-0.25, -0.2) is 14.8 Å². The van der Waals surface area contributed by atoms with Crippen molar-refractivity contribution >= 4 is 52.3 Å². The number of hydrogen-bond acceptors (Lipinski definition) is 10. The third-order valence-electron chi connectivity index (χ3n) is 5.42. The van der Waals surface area contributed by atoms with Crippen LogP contribution in [0, 0.1) is 0 Å². The van der Waals surface area contributed by atoms with Crippen molar-refractivity contribution in [1.29, 1.82) is 0 Å². The molecule has 1 aliphatic heterocycles. The summed E-state index contributed by atoms with van der Waals surface area (Å²) in [5, 5.41) is -0.126. The minimum atomic E-state index is -1.55. The number of halogens is 2. The molecule has 1 aliphatic rings. The van der Waals surface area contributed by atoms with E-state index in [-0.39, 0.29) is 28.2 Å². The van der Waals surface area contributed by atoms with Crippen LogP contribution in [0.4, 0.5) is 0 Å². The van der Waals surface area contributed by atoms with Gasteiger partial charge in [0.15, 0.2) is 28.7 Å². The summed E-state index contributed by atoms with van der Waals surface area (Å²) >= 11 is 12.1. The van der Waals surface area contributed by atoms with Crippen LogP contribution in [-0.4, -0.2) is 61.8 Å². The summed E-state index contributed by atoms with van der Waals surface area (Å²) in [5.74, 6) is -1.91. The van der Waals surface area contributed by atoms with Gasteiger partial charge >= 0.3 is 17.9 Å². The van der Waals surface area contributed by atoms with Crippen molar-refractivity contribution in [1.82, 2.24) is 19.5 Å². The molecule has 13 heteroatoms. The maximum Gasteiger partial charge on any atom is 0.338 e. The van der Waals surface area contributed by atoms with Gasteiger partial charge in [0.05, 0.1) is 11.9 Å². The van der Waals surface area contributed by atoms with Crippen LogP contribution in [0.3, 0.4) is 0 Å². The van der Waals surface area contributed by atoms with E-state index in [1.54, 1.807) is 30.3 Å². The van der Waals surface area contributed by atoms with E-state index in [1.165, 1.54) is 31.7 Å². The summed E-state index contributed by atoms with van der Waals surface area (Å²) in [6.45, 7) is 3.62. The van der Waals surface area contributed by atoms with Crippen molar-refractivity contribution in [2.75, 3.05) is 6.61 Å². The Hall–Kier alpha value is -3.28. The molecule has 1 saturated heterocycles. The maximum absolute atomic E-state index is 12.5. The number of ether oxygens (including phenoxy) is 4. The predicted octanol–water partition coefficient (Wildman–Crippen LogP) is 3.14. The molecule has 0 N–H and O–H groups in total. The van der Waals surface area contributed by atoms with Crippen molar-refractivity contribution in [3.05, 3.63) is 52.7 Å². The van der Waals surface area contributed by atoms with Crippen molar-refractivity contribution in [3.63, 3.8) is 0 Å². The maximum atomic E-state index is 12.5. The Kier molecular flexibility index (Phi) is 6.93. The van der Waals surface area contributed by atoms with Gasteiger partial charge in [0.25, 0.3) is 0 Å². The molecule has 1 fully saturated rings. The molecule has 4 atom stereocenters. The number of rotatable bonds is 6. The topological polar surface area (TPSA) is 132 Å². The Morgan fingerprint density at radius 2 is 1.83 bits per heavy atom. The molecule has 1 aromatic carbocycles. The summed E-state index contributed by atoms with van der Waals surface area (Å²) in [6, 6.07) is 8.35. The quantitative estimate of drug-likeness (QED) is 0.205. The third-order valence-corrected chi connectivity index (χ3v) is 5.86. The summed E-state index contributed by atoms with van der Waals surface area (Å²) in [4.78, 5) is 48.8.